The van der Waals surface area contributed by atoms with Crippen LogP contribution in [0, 0.1) is 0 Å². The minimum absolute atomic E-state index is 0. The molecule has 0 spiro atoms. The van der Waals surface area contributed by atoms with Gasteiger partial charge in [0.1, 0.15) is 5.75 Å². The molecule has 0 saturated heterocycles. The molecule has 3 aromatic rings. The minimum Gasteiger partial charge on any atom is -0.497 e. The molecule has 0 aromatic heterocycles. The van der Waals surface area contributed by atoms with E-state index in [2.05, 4.69) is 59.2 Å². The monoisotopic (exact) mass is 562 g/mol. The van der Waals surface area contributed by atoms with E-state index in [0.29, 0.717) is 0 Å². The maximum absolute atomic E-state index is 5.77. The fourth-order valence-electron chi connectivity index (χ4n) is 4.45. The number of nitrogens with one attached hydrogen (secondary N) is 2. The highest BCUT2D eigenvalue weighted by atomic mass is 35.5. The molecule has 0 heterocycles. The van der Waals surface area contributed by atoms with E-state index in [1.165, 1.54) is 36.8 Å². The van der Waals surface area contributed by atoms with Crippen LogP contribution in [0.25, 0.3) is 11.1 Å². The van der Waals surface area contributed by atoms with E-state index in [1.54, 1.807) is 21.3 Å². The highest BCUT2D eigenvalue weighted by molar-refractivity contribution is 5.85. The average Bonchev–Trinajstić information content (AvgIpc) is 2.93. The van der Waals surface area contributed by atoms with Gasteiger partial charge in [0.05, 0.1) is 21.3 Å². The molecule has 7 heteroatoms. The lowest BCUT2D eigenvalue weighted by Crippen LogP contribution is -2.19. The van der Waals surface area contributed by atoms with Crippen molar-refractivity contribution in [3.63, 3.8) is 0 Å². The molecule has 0 bridgehead atoms. The van der Waals surface area contributed by atoms with E-state index in [1.807, 2.05) is 18.2 Å². The van der Waals surface area contributed by atoms with E-state index in [0.717, 1.165) is 67.4 Å². The molecule has 5 nitrogen and oxygen atoms in total. The van der Waals surface area contributed by atoms with Crippen molar-refractivity contribution in [3.8, 4) is 28.4 Å². The van der Waals surface area contributed by atoms with Gasteiger partial charge in [0.15, 0.2) is 11.5 Å². The molecule has 0 saturated carbocycles. The molecule has 0 amide bonds. The SMILES string of the molecule is COc1ccc(-c2c(CCNCCCCCCNCCc3ccccc3)ccc(OC)c2OC)cc1.Cl.Cl. The first-order valence-electron chi connectivity index (χ1n) is 13.1. The summed E-state index contributed by atoms with van der Waals surface area (Å²) in [5.41, 5.74) is 4.83. The average molecular weight is 564 g/mol. The Kier molecular flexibility index (Phi) is 17.3. The Morgan fingerprint density at radius 3 is 1.79 bits per heavy atom. The molecular weight excluding hydrogens is 519 g/mol. The number of hydrogen-bond donors (Lipinski definition) is 2. The molecule has 0 unspecified atom stereocenters. The van der Waals surface area contributed by atoms with Crippen LogP contribution in [0.4, 0.5) is 0 Å². The van der Waals surface area contributed by atoms with Crippen molar-refractivity contribution in [2.45, 2.75) is 38.5 Å². The van der Waals surface area contributed by atoms with E-state index in [-0.39, 0.29) is 24.8 Å². The van der Waals surface area contributed by atoms with Crippen LogP contribution in [0.1, 0.15) is 36.8 Å². The molecule has 210 valence electrons. The van der Waals surface area contributed by atoms with E-state index in [9.17, 15) is 0 Å². The fraction of sp³-hybridized carbons (Fsp3) is 0.419. The van der Waals surface area contributed by atoms with Gasteiger partial charge in [-0.1, -0.05) is 61.4 Å². The van der Waals surface area contributed by atoms with Crippen LogP contribution in [0.5, 0.6) is 17.2 Å². The largest absolute Gasteiger partial charge is 0.497 e. The zero-order valence-electron chi connectivity index (χ0n) is 23.0. The quantitative estimate of drug-likeness (QED) is 0.178. The van der Waals surface area contributed by atoms with Crippen LogP contribution >= 0.6 is 24.8 Å². The van der Waals surface area contributed by atoms with E-state index < -0.39 is 0 Å². The molecule has 0 fully saturated rings. The Labute approximate surface area is 241 Å². The summed E-state index contributed by atoms with van der Waals surface area (Å²) in [7, 11) is 5.06. The van der Waals surface area contributed by atoms with E-state index in [4.69, 9.17) is 14.2 Å². The third kappa shape index (κ3) is 10.7. The van der Waals surface area contributed by atoms with Crippen LogP contribution in [-0.4, -0.2) is 47.5 Å². The second-order valence-corrected chi connectivity index (χ2v) is 8.96. The lowest BCUT2D eigenvalue weighted by molar-refractivity contribution is 0.355. The van der Waals surface area contributed by atoms with Crippen molar-refractivity contribution in [1.29, 1.82) is 0 Å². The summed E-state index contributed by atoms with van der Waals surface area (Å²) in [5.74, 6) is 2.36. The number of rotatable bonds is 17. The molecule has 0 atom stereocenters. The molecule has 0 aliphatic rings. The summed E-state index contributed by atoms with van der Waals surface area (Å²) in [4.78, 5) is 0. The van der Waals surface area contributed by atoms with Crippen molar-refractivity contribution >= 4 is 24.8 Å². The third-order valence-electron chi connectivity index (χ3n) is 6.47. The van der Waals surface area contributed by atoms with Crippen molar-refractivity contribution in [3.05, 3.63) is 77.9 Å². The maximum atomic E-state index is 5.77. The predicted octanol–water partition coefficient (Wildman–Crippen LogP) is 6.75. The van der Waals surface area contributed by atoms with Crippen LogP contribution < -0.4 is 24.8 Å². The van der Waals surface area contributed by atoms with Crippen LogP contribution in [0.15, 0.2) is 66.7 Å². The maximum Gasteiger partial charge on any atom is 0.168 e. The van der Waals surface area contributed by atoms with Gasteiger partial charge >= 0.3 is 0 Å². The Morgan fingerprint density at radius 2 is 1.21 bits per heavy atom. The van der Waals surface area contributed by atoms with Crippen LogP contribution in [-0.2, 0) is 12.8 Å². The van der Waals surface area contributed by atoms with Gasteiger partial charge in [-0.05, 0) is 86.8 Å². The Balaban J connectivity index is 0.00000361. The summed E-state index contributed by atoms with van der Waals surface area (Å²) >= 11 is 0. The number of methoxy groups -OCH3 is 3. The van der Waals surface area contributed by atoms with Gasteiger partial charge in [-0.3, -0.25) is 0 Å². The van der Waals surface area contributed by atoms with Gasteiger partial charge in [-0.2, -0.15) is 0 Å². The van der Waals surface area contributed by atoms with Crippen LogP contribution in [0.3, 0.4) is 0 Å². The number of benzene rings is 3. The topological polar surface area (TPSA) is 51.8 Å². The summed E-state index contributed by atoms with van der Waals surface area (Å²) in [6, 6.07) is 22.9. The van der Waals surface area contributed by atoms with Gasteiger partial charge in [-0.25, -0.2) is 0 Å². The first-order chi connectivity index (χ1) is 17.8. The van der Waals surface area contributed by atoms with Crippen molar-refractivity contribution in [2.24, 2.45) is 0 Å². The fourth-order valence-corrected chi connectivity index (χ4v) is 4.45. The number of unbranched alkanes of at least 4 members (excludes halogenated alkanes) is 3. The molecule has 2 N–H and O–H groups in total. The second kappa shape index (κ2) is 19.6. The van der Waals surface area contributed by atoms with Crippen molar-refractivity contribution in [1.82, 2.24) is 10.6 Å². The summed E-state index contributed by atoms with van der Waals surface area (Å²) < 4.78 is 16.7. The first-order valence-corrected chi connectivity index (χ1v) is 13.1. The molecular formula is C31H44Cl2N2O3. The van der Waals surface area contributed by atoms with Crippen molar-refractivity contribution in [2.75, 3.05) is 47.5 Å². The molecule has 38 heavy (non-hydrogen) atoms. The van der Waals surface area contributed by atoms with Gasteiger partial charge in [-0.15, -0.1) is 24.8 Å². The first kappa shape index (κ1) is 33.6. The Morgan fingerprint density at radius 1 is 0.579 bits per heavy atom. The highest BCUT2D eigenvalue weighted by Gasteiger charge is 2.16. The lowest BCUT2D eigenvalue weighted by Gasteiger charge is -2.18. The third-order valence-corrected chi connectivity index (χ3v) is 6.47. The van der Waals surface area contributed by atoms with E-state index >= 15 is 0 Å². The summed E-state index contributed by atoms with van der Waals surface area (Å²) in [6.45, 7) is 4.14. The molecule has 0 radical (unpaired) electrons. The lowest BCUT2D eigenvalue weighted by atomic mass is 9.95. The Bertz CT molecular complexity index is 1020. The van der Waals surface area contributed by atoms with Crippen molar-refractivity contribution < 1.29 is 14.2 Å². The molecule has 0 aliphatic heterocycles. The smallest absolute Gasteiger partial charge is 0.168 e. The normalized spacial score (nSPS) is 10.3. The standard InChI is InChI=1S/C31H42N2O3.2ClH/c1-34-28-16-13-26(14-17-28)30-27(15-18-29(35-2)31(30)36-3)20-24-33-22-10-5-4-9-21-32-23-19-25-11-7-6-8-12-25;;/h6-8,11-18,32-33H,4-5,9-10,19-24H2,1-3H3;2*1H. The van der Waals surface area contributed by atoms with Gasteiger partial charge in [0.2, 0.25) is 0 Å². The molecule has 0 aliphatic carbocycles. The van der Waals surface area contributed by atoms with Gasteiger partial charge in [0.25, 0.3) is 0 Å². The number of ether oxygens (including phenoxy) is 3. The zero-order chi connectivity index (χ0) is 25.4. The number of halogens is 2. The zero-order valence-corrected chi connectivity index (χ0v) is 24.6. The van der Waals surface area contributed by atoms with Gasteiger partial charge in [0, 0.05) is 5.56 Å². The minimum atomic E-state index is 0. The predicted molar refractivity (Wildman–Crippen MR) is 164 cm³/mol. The summed E-state index contributed by atoms with van der Waals surface area (Å²) in [5, 5.41) is 7.18. The second-order valence-electron chi connectivity index (χ2n) is 8.96. The van der Waals surface area contributed by atoms with Crippen LogP contribution in [0.2, 0.25) is 0 Å². The highest BCUT2D eigenvalue weighted by Crippen LogP contribution is 2.41. The van der Waals surface area contributed by atoms with Gasteiger partial charge < -0.3 is 24.8 Å². The Hall–Kier alpha value is -2.44. The summed E-state index contributed by atoms with van der Waals surface area (Å²) in [6.07, 6.45) is 7.02. The molecule has 3 aromatic carbocycles. The number of hydrogen-bond acceptors (Lipinski definition) is 5. The molecule has 3 rings (SSSR count).